The van der Waals surface area contributed by atoms with Crippen LogP contribution in [0.1, 0.15) is 44.8 Å². The van der Waals surface area contributed by atoms with Gasteiger partial charge in [-0.3, -0.25) is 4.79 Å². The largest absolute Gasteiger partial charge is 0.355 e. The van der Waals surface area contributed by atoms with Gasteiger partial charge in [-0.1, -0.05) is 27.7 Å². The predicted octanol–water partition coefficient (Wildman–Crippen LogP) is 2.76. The van der Waals surface area contributed by atoms with Crippen molar-refractivity contribution in [3.63, 3.8) is 0 Å². The van der Waals surface area contributed by atoms with E-state index in [4.69, 9.17) is 0 Å². The van der Waals surface area contributed by atoms with Crippen molar-refractivity contribution in [2.45, 2.75) is 46.0 Å². The molecule has 0 spiro atoms. The molecule has 1 saturated carbocycles. The van der Waals surface area contributed by atoms with Crippen LogP contribution in [-0.2, 0) is 16.6 Å². The molecule has 1 N–H and O–H groups in total. The maximum Gasteiger partial charge on any atom is 0.223 e. The zero-order valence-corrected chi connectivity index (χ0v) is 12.4. The topological polar surface area (TPSA) is 42.0 Å². The molecule has 0 bridgehead atoms. The minimum Gasteiger partial charge on any atom is -0.355 e. The molecule has 0 saturated heterocycles. The van der Waals surface area contributed by atoms with Gasteiger partial charge in [-0.05, 0) is 12.3 Å². The van der Waals surface area contributed by atoms with E-state index in [0.717, 1.165) is 23.5 Å². The molecule has 2 atom stereocenters. The first kappa shape index (κ1) is 13.5. The molecule has 0 aromatic carbocycles. The first-order valence-electron chi connectivity index (χ1n) is 6.60. The molecule has 1 fully saturated rings. The van der Waals surface area contributed by atoms with E-state index >= 15 is 0 Å². The minimum atomic E-state index is 0.113. The van der Waals surface area contributed by atoms with E-state index in [1.54, 1.807) is 11.3 Å². The Morgan fingerprint density at radius 1 is 1.56 bits per heavy atom. The molecule has 2 rings (SSSR count). The SMILES string of the molecule is C[C@@H]1C[C@@H]1C(=O)NCCc1nc(C(C)(C)C)cs1. The second-order valence-corrected chi connectivity index (χ2v) is 7.18. The molecule has 3 nitrogen and oxygen atoms in total. The molecule has 1 aromatic rings. The molecule has 1 aliphatic carbocycles. The summed E-state index contributed by atoms with van der Waals surface area (Å²) < 4.78 is 0. The summed E-state index contributed by atoms with van der Waals surface area (Å²) in [6.45, 7) is 9.34. The Labute approximate surface area is 113 Å². The van der Waals surface area contributed by atoms with E-state index in [0.29, 0.717) is 12.5 Å². The Hall–Kier alpha value is -0.900. The number of hydrogen-bond acceptors (Lipinski definition) is 3. The monoisotopic (exact) mass is 266 g/mol. The van der Waals surface area contributed by atoms with Gasteiger partial charge in [0, 0.05) is 29.7 Å². The molecule has 1 amide bonds. The smallest absolute Gasteiger partial charge is 0.223 e. The first-order chi connectivity index (χ1) is 8.38. The lowest BCUT2D eigenvalue weighted by molar-refractivity contribution is -0.122. The van der Waals surface area contributed by atoms with Gasteiger partial charge in [0.1, 0.15) is 0 Å². The molecule has 100 valence electrons. The van der Waals surface area contributed by atoms with Gasteiger partial charge in [0.15, 0.2) is 0 Å². The van der Waals surface area contributed by atoms with Crippen LogP contribution >= 0.6 is 11.3 Å². The van der Waals surface area contributed by atoms with E-state index in [1.807, 2.05) is 0 Å². The van der Waals surface area contributed by atoms with E-state index < -0.39 is 0 Å². The van der Waals surface area contributed by atoms with Crippen LogP contribution in [0.3, 0.4) is 0 Å². The number of carbonyl (C=O) groups is 1. The maximum atomic E-state index is 11.6. The van der Waals surface area contributed by atoms with Crippen LogP contribution in [0, 0.1) is 11.8 Å². The Morgan fingerprint density at radius 2 is 2.22 bits per heavy atom. The van der Waals surface area contributed by atoms with Crippen molar-refractivity contribution in [3.05, 3.63) is 16.1 Å². The first-order valence-corrected chi connectivity index (χ1v) is 7.48. The molecule has 0 unspecified atom stereocenters. The van der Waals surface area contributed by atoms with Gasteiger partial charge in [-0.25, -0.2) is 4.98 Å². The summed E-state index contributed by atoms with van der Waals surface area (Å²) in [6.07, 6.45) is 1.89. The van der Waals surface area contributed by atoms with Crippen molar-refractivity contribution in [1.82, 2.24) is 10.3 Å². The average molecular weight is 266 g/mol. The van der Waals surface area contributed by atoms with Crippen molar-refractivity contribution in [1.29, 1.82) is 0 Å². The normalized spacial score (nSPS) is 22.9. The molecule has 1 aromatic heterocycles. The van der Waals surface area contributed by atoms with E-state index in [-0.39, 0.29) is 17.2 Å². The quantitative estimate of drug-likeness (QED) is 0.910. The minimum absolute atomic E-state index is 0.113. The summed E-state index contributed by atoms with van der Waals surface area (Å²) in [6, 6.07) is 0. The third-order valence-corrected chi connectivity index (χ3v) is 4.31. The summed E-state index contributed by atoms with van der Waals surface area (Å²) in [5, 5.41) is 6.24. The van der Waals surface area contributed by atoms with Gasteiger partial charge in [0.25, 0.3) is 0 Å². The average Bonchev–Trinajstić information content (AvgIpc) is 2.80. The number of carbonyl (C=O) groups excluding carboxylic acids is 1. The molecule has 1 heterocycles. The fourth-order valence-corrected chi connectivity index (χ4v) is 2.91. The van der Waals surface area contributed by atoms with Crippen LogP contribution in [0.4, 0.5) is 0 Å². The summed E-state index contributed by atoms with van der Waals surface area (Å²) in [5.74, 6) is 1.07. The van der Waals surface area contributed by atoms with Gasteiger partial charge >= 0.3 is 0 Å². The lowest BCUT2D eigenvalue weighted by atomic mass is 9.93. The Bertz CT molecular complexity index is 433. The number of thiazole rings is 1. The number of nitrogens with one attached hydrogen (secondary N) is 1. The summed E-state index contributed by atoms with van der Waals surface area (Å²) in [7, 11) is 0. The highest BCUT2D eigenvalue weighted by Crippen LogP contribution is 2.37. The van der Waals surface area contributed by atoms with Crippen LogP contribution < -0.4 is 5.32 Å². The zero-order chi connectivity index (χ0) is 13.3. The second-order valence-electron chi connectivity index (χ2n) is 6.24. The van der Waals surface area contributed by atoms with Crippen LogP contribution in [0.25, 0.3) is 0 Å². The number of nitrogens with zero attached hydrogens (tertiary/aromatic N) is 1. The lowest BCUT2D eigenvalue weighted by Gasteiger charge is -2.14. The van der Waals surface area contributed by atoms with Gasteiger partial charge in [-0.2, -0.15) is 0 Å². The molecular weight excluding hydrogens is 244 g/mol. The molecular formula is C14H22N2OS. The van der Waals surface area contributed by atoms with Crippen LogP contribution in [-0.4, -0.2) is 17.4 Å². The number of rotatable bonds is 4. The third-order valence-electron chi connectivity index (χ3n) is 3.40. The third kappa shape index (κ3) is 3.31. The van der Waals surface area contributed by atoms with E-state index in [1.165, 1.54) is 0 Å². The van der Waals surface area contributed by atoms with Crippen molar-refractivity contribution < 1.29 is 4.79 Å². The molecule has 4 heteroatoms. The van der Waals surface area contributed by atoms with Gasteiger partial charge in [-0.15, -0.1) is 11.3 Å². The summed E-state index contributed by atoms with van der Waals surface area (Å²) in [4.78, 5) is 16.3. The Balaban J connectivity index is 1.77. The van der Waals surface area contributed by atoms with Crippen molar-refractivity contribution in [2.24, 2.45) is 11.8 Å². The van der Waals surface area contributed by atoms with Crippen molar-refractivity contribution in [3.8, 4) is 0 Å². The number of amides is 1. The predicted molar refractivity (Wildman–Crippen MR) is 74.8 cm³/mol. The van der Waals surface area contributed by atoms with Crippen molar-refractivity contribution in [2.75, 3.05) is 6.54 Å². The van der Waals surface area contributed by atoms with Crippen LogP contribution in [0.15, 0.2) is 5.38 Å². The number of aromatic nitrogens is 1. The second kappa shape index (κ2) is 5.00. The fraction of sp³-hybridized carbons (Fsp3) is 0.714. The molecule has 1 aliphatic rings. The van der Waals surface area contributed by atoms with Gasteiger partial charge in [0.2, 0.25) is 5.91 Å². The summed E-state index contributed by atoms with van der Waals surface area (Å²) in [5.41, 5.74) is 1.26. The molecule has 18 heavy (non-hydrogen) atoms. The number of hydrogen-bond donors (Lipinski definition) is 1. The highest BCUT2D eigenvalue weighted by atomic mass is 32.1. The fourth-order valence-electron chi connectivity index (χ4n) is 1.88. The molecule has 0 radical (unpaired) electrons. The highest BCUT2D eigenvalue weighted by molar-refractivity contribution is 7.09. The highest BCUT2D eigenvalue weighted by Gasteiger charge is 2.38. The maximum absolute atomic E-state index is 11.6. The standard InChI is InChI=1S/C14H22N2OS/c1-9-7-10(9)13(17)15-6-5-12-16-11(8-18-12)14(2,3)4/h8-10H,5-7H2,1-4H3,(H,15,17)/t9-,10+/m1/s1. The van der Waals surface area contributed by atoms with Crippen molar-refractivity contribution >= 4 is 17.2 Å². The Kier molecular flexibility index (Phi) is 3.76. The summed E-state index contributed by atoms with van der Waals surface area (Å²) >= 11 is 1.69. The van der Waals surface area contributed by atoms with E-state index in [2.05, 4.69) is 43.4 Å². The van der Waals surface area contributed by atoms with Crippen LogP contribution in [0.5, 0.6) is 0 Å². The van der Waals surface area contributed by atoms with E-state index in [9.17, 15) is 4.79 Å². The Morgan fingerprint density at radius 3 is 2.72 bits per heavy atom. The van der Waals surface area contributed by atoms with Crippen LogP contribution in [0.2, 0.25) is 0 Å². The van der Waals surface area contributed by atoms with Gasteiger partial charge in [0.05, 0.1) is 10.7 Å². The van der Waals surface area contributed by atoms with Gasteiger partial charge < -0.3 is 5.32 Å². The lowest BCUT2D eigenvalue weighted by Crippen LogP contribution is -2.27. The zero-order valence-electron chi connectivity index (χ0n) is 11.6. The molecule has 0 aliphatic heterocycles.